The fourth-order valence-electron chi connectivity index (χ4n) is 7.40. The zero-order valence-electron chi connectivity index (χ0n) is 33.2. The van der Waals surface area contributed by atoms with Gasteiger partial charge >= 0.3 is 0 Å². The van der Waals surface area contributed by atoms with Crippen LogP contribution in [-0.4, -0.2) is 86.9 Å². The topological polar surface area (TPSA) is 103 Å². The Morgan fingerprint density at radius 3 is 1.14 bits per heavy atom. The molecule has 1 N–H and O–H groups in total. The molecule has 0 bridgehead atoms. The Morgan fingerprint density at radius 1 is 0.424 bits per heavy atom. The molecule has 5 aromatic rings. The molecule has 10 atom stereocenters. The second-order valence-corrected chi connectivity index (χ2v) is 14.6. The average molecular weight is 809 g/mol. The third-order valence-electron chi connectivity index (χ3n) is 10.5. The first-order valence-electron chi connectivity index (χ1n) is 20.1. The van der Waals surface area contributed by atoms with Crippen LogP contribution in [0.5, 0.6) is 0 Å². The maximum Gasteiger partial charge on any atom is 0.187 e. The van der Waals surface area contributed by atoms with Crippen molar-refractivity contribution in [2.75, 3.05) is 20.4 Å². The lowest BCUT2D eigenvalue weighted by molar-refractivity contribution is -0.344. The Labute approximate surface area is 345 Å². The van der Waals surface area contributed by atoms with E-state index in [1.807, 2.05) is 152 Å². The number of methoxy groups -OCH3 is 1. The Hall–Kier alpha value is -4.37. The minimum absolute atomic E-state index is 0.141. The molecule has 312 valence electrons. The first-order valence-corrected chi connectivity index (χ1v) is 20.1. The molecule has 11 heteroatoms. The fraction of sp³-hybridized carbons (Fsp3) is 0.375. The van der Waals surface area contributed by atoms with Crippen LogP contribution in [0.4, 0.5) is 4.39 Å². The Bertz CT molecular complexity index is 1890. The van der Waals surface area contributed by atoms with E-state index in [2.05, 4.69) is 0 Å². The predicted octanol–water partition coefficient (Wildman–Crippen LogP) is 7.36. The van der Waals surface area contributed by atoms with E-state index in [1.54, 1.807) is 0 Å². The van der Waals surface area contributed by atoms with Gasteiger partial charge in [-0.3, -0.25) is 0 Å². The van der Waals surface area contributed by atoms with Crippen LogP contribution in [0.15, 0.2) is 152 Å². The van der Waals surface area contributed by atoms with Crippen molar-refractivity contribution in [2.24, 2.45) is 0 Å². The quantitative estimate of drug-likeness (QED) is 0.0859. The Kier molecular flexibility index (Phi) is 16.2. The van der Waals surface area contributed by atoms with Crippen molar-refractivity contribution in [1.29, 1.82) is 0 Å². The molecule has 0 spiro atoms. The maximum absolute atomic E-state index is 15.0. The van der Waals surface area contributed by atoms with E-state index < -0.39 is 68.1 Å². The molecule has 0 radical (unpaired) electrons. The number of alkyl halides is 1. The summed E-state index contributed by atoms with van der Waals surface area (Å²) in [6, 6.07) is 48.5. The van der Waals surface area contributed by atoms with E-state index in [9.17, 15) is 5.11 Å². The van der Waals surface area contributed by atoms with Gasteiger partial charge in [-0.25, -0.2) is 4.39 Å². The van der Waals surface area contributed by atoms with Crippen LogP contribution in [0.25, 0.3) is 0 Å². The van der Waals surface area contributed by atoms with Crippen LogP contribution in [0.3, 0.4) is 0 Å². The van der Waals surface area contributed by atoms with Gasteiger partial charge < -0.3 is 47.7 Å². The summed E-state index contributed by atoms with van der Waals surface area (Å²) in [5, 5.41) is 11.6. The zero-order chi connectivity index (χ0) is 40.7. The molecule has 0 aromatic heterocycles. The third kappa shape index (κ3) is 11.9. The third-order valence-corrected chi connectivity index (χ3v) is 10.5. The zero-order valence-corrected chi connectivity index (χ0v) is 33.2. The van der Waals surface area contributed by atoms with Crippen molar-refractivity contribution in [3.63, 3.8) is 0 Å². The molecule has 2 aliphatic heterocycles. The smallest absolute Gasteiger partial charge is 0.187 e. The van der Waals surface area contributed by atoms with Gasteiger partial charge in [-0.15, -0.1) is 0 Å². The highest BCUT2D eigenvalue weighted by Crippen LogP contribution is 2.33. The molecule has 10 nitrogen and oxygen atoms in total. The summed E-state index contributed by atoms with van der Waals surface area (Å²) < 4.78 is 72.7. The molecular weight excluding hydrogens is 756 g/mol. The highest BCUT2D eigenvalue weighted by molar-refractivity contribution is 5.17. The van der Waals surface area contributed by atoms with Crippen molar-refractivity contribution >= 4 is 0 Å². The number of hydrogen-bond acceptors (Lipinski definition) is 10. The highest BCUT2D eigenvalue weighted by Gasteiger charge is 2.51. The van der Waals surface area contributed by atoms with Gasteiger partial charge in [0.25, 0.3) is 0 Å². The SMILES string of the molecule is CO[C@@H]1[C@@H](OC[C@H]2O[C@H](O)[C@@H](OCc3ccccc3)[C@@H](OCc3ccccc3)[C@@H]2OCc2ccccc2)O[C@H](CF)[C@@H](OCc2ccccc2)[C@@H]1OCc1ccccc1. The van der Waals surface area contributed by atoms with Crippen molar-refractivity contribution in [1.82, 2.24) is 0 Å². The lowest BCUT2D eigenvalue weighted by atomic mass is 9.97. The number of rotatable bonds is 20. The summed E-state index contributed by atoms with van der Waals surface area (Å²) in [4.78, 5) is 0. The van der Waals surface area contributed by atoms with Crippen LogP contribution < -0.4 is 0 Å². The average Bonchev–Trinajstić information content (AvgIpc) is 3.29. The van der Waals surface area contributed by atoms with Gasteiger partial charge in [0.1, 0.15) is 55.5 Å². The minimum atomic E-state index is -1.41. The van der Waals surface area contributed by atoms with Gasteiger partial charge in [-0.2, -0.15) is 0 Å². The minimum Gasteiger partial charge on any atom is -0.373 e. The number of benzene rings is 5. The summed E-state index contributed by atoms with van der Waals surface area (Å²) in [5.74, 6) is 0. The van der Waals surface area contributed by atoms with Crippen molar-refractivity contribution < 1.29 is 52.1 Å². The van der Waals surface area contributed by atoms with Gasteiger partial charge in [0, 0.05) is 7.11 Å². The van der Waals surface area contributed by atoms with E-state index in [-0.39, 0.29) is 39.6 Å². The van der Waals surface area contributed by atoms with Crippen LogP contribution in [0.2, 0.25) is 0 Å². The summed E-state index contributed by atoms with van der Waals surface area (Å²) in [5.41, 5.74) is 4.64. The van der Waals surface area contributed by atoms with E-state index >= 15 is 4.39 Å². The summed E-state index contributed by atoms with van der Waals surface area (Å²) in [6.07, 6.45) is -9.43. The first kappa shape index (κ1) is 42.7. The van der Waals surface area contributed by atoms with Crippen LogP contribution >= 0.6 is 0 Å². The van der Waals surface area contributed by atoms with E-state index in [0.717, 1.165) is 27.8 Å². The molecule has 59 heavy (non-hydrogen) atoms. The monoisotopic (exact) mass is 808 g/mol. The summed E-state index contributed by atoms with van der Waals surface area (Å²) >= 11 is 0. The molecule has 2 saturated heterocycles. The molecule has 0 saturated carbocycles. The second kappa shape index (κ2) is 22.3. The molecule has 2 heterocycles. The molecule has 2 fully saturated rings. The van der Waals surface area contributed by atoms with Gasteiger partial charge in [-0.1, -0.05) is 152 Å². The molecule has 5 aromatic carbocycles. The lowest BCUT2D eigenvalue weighted by Crippen LogP contribution is -2.63. The molecule has 0 amide bonds. The molecule has 2 aliphatic rings. The van der Waals surface area contributed by atoms with Gasteiger partial charge in [-0.05, 0) is 27.8 Å². The van der Waals surface area contributed by atoms with Crippen LogP contribution in [-0.2, 0) is 75.7 Å². The fourth-order valence-corrected chi connectivity index (χ4v) is 7.40. The van der Waals surface area contributed by atoms with E-state index in [1.165, 1.54) is 7.11 Å². The lowest BCUT2D eigenvalue weighted by Gasteiger charge is -2.47. The largest absolute Gasteiger partial charge is 0.373 e. The standard InChI is InChI=1S/C48H53FO10/c1-51-46-44(55-31-37-23-13-5-14-24-37)41(52-28-34-17-7-2-8-18-34)39(27-49)59-48(46)57-33-40-42(53-29-35-19-9-3-10-20-35)43(54-30-36-21-11-4-12-22-36)45(47(50)58-40)56-32-38-25-15-6-16-26-38/h2-26,39-48,50H,27-33H2,1H3/t39-,40-,41-,42-,43+,44+,45+,46+,47+,48+/m1/s1. The highest BCUT2D eigenvalue weighted by atomic mass is 19.1. The van der Waals surface area contributed by atoms with Crippen molar-refractivity contribution in [3.05, 3.63) is 179 Å². The number of aliphatic hydroxyl groups is 1. The molecule has 0 aliphatic carbocycles. The number of aliphatic hydroxyl groups excluding tert-OH is 1. The van der Waals surface area contributed by atoms with Gasteiger partial charge in [0.15, 0.2) is 12.6 Å². The van der Waals surface area contributed by atoms with Crippen LogP contribution in [0, 0.1) is 0 Å². The normalized spacial score (nSPS) is 27.0. The van der Waals surface area contributed by atoms with E-state index in [4.69, 9.17) is 42.6 Å². The van der Waals surface area contributed by atoms with Gasteiger partial charge in [0.05, 0.1) is 39.6 Å². The summed E-state index contributed by atoms with van der Waals surface area (Å²) in [6.45, 7) is 0.0830. The van der Waals surface area contributed by atoms with Crippen LogP contribution in [0.1, 0.15) is 27.8 Å². The molecular formula is C48H53FO10. The number of halogens is 1. The number of hydrogen-bond donors (Lipinski definition) is 1. The van der Waals surface area contributed by atoms with E-state index in [0.29, 0.717) is 0 Å². The number of ether oxygens (including phenoxy) is 9. The Balaban J connectivity index is 1.13. The molecule has 0 unspecified atom stereocenters. The van der Waals surface area contributed by atoms with Crippen molar-refractivity contribution in [2.45, 2.75) is 94.4 Å². The molecule has 7 rings (SSSR count). The first-order chi connectivity index (χ1) is 29.1. The predicted molar refractivity (Wildman–Crippen MR) is 217 cm³/mol. The Morgan fingerprint density at radius 2 is 0.763 bits per heavy atom. The van der Waals surface area contributed by atoms with Crippen molar-refractivity contribution in [3.8, 4) is 0 Å². The summed E-state index contributed by atoms with van der Waals surface area (Å²) in [7, 11) is 1.53. The maximum atomic E-state index is 15.0. The van der Waals surface area contributed by atoms with Gasteiger partial charge in [0.2, 0.25) is 0 Å². The second-order valence-electron chi connectivity index (χ2n) is 14.6.